The lowest BCUT2D eigenvalue weighted by molar-refractivity contribution is 0.658. The third-order valence-electron chi connectivity index (χ3n) is 13.9. The molecule has 0 radical (unpaired) electrons. The van der Waals surface area contributed by atoms with Crippen LogP contribution in [0.4, 0.5) is 17.1 Å². The van der Waals surface area contributed by atoms with Gasteiger partial charge in [0.05, 0.1) is 11.1 Å². The van der Waals surface area contributed by atoms with Crippen molar-refractivity contribution in [2.45, 2.75) is 43.9 Å². The Balaban J connectivity index is 1.15. The highest BCUT2D eigenvalue weighted by Gasteiger charge is 2.52. The summed E-state index contributed by atoms with van der Waals surface area (Å²) in [6.45, 7) is 9.58. The van der Waals surface area contributed by atoms with E-state index >= 15 is 0 Å². The van der Waals surface area contributed by atoms with Crippen molar-refractivity contribution < 1.29 is 0 Å². The van der Waals surface area contributed by atoms with Gasteiger partial charge in [-0.05, 0) is 119 Å². The molecule has 0 bridgehead atoms. The Morgan fingerprint density at radius 1 is 0.304 bits per heavy atom. The van der Waals surface area contributed by atoms with Crippen LogP contribution < -0.4 is 4.90 Å². The lowest BCUT2D eigenvalue weighted by Crippen LogP contribution is -2.26. The molecule has 0 heterocycles. The lowest BCUT2D eigenvalue weighted by atomic mass is 9.70. The molecule has 0 unspecified atom stereocenters. The van der Waals surface area contributed by atoms with Crippen molar-refractivity contribution >= 4 is 17.1 Å². The third-order valence-corrected chi connectivity index (χ3v) is 13.9. The summed E-state index contributed by atoms with van der Waals surface area (Å²) < 4.78 is 0. The van der Waals surface area contributed by atoms with Gasteiger partial charge in [-0.3, -0.25) is 0 Å². The Labute approximate surface area is 329 Å². The summed E-state index contributed by atoms with van der Waals surface area (Å²) in [5.74, 6) is 0. The van der Waals surface area contributed by atoms with Gasteiger partial charge >= 0.3 is 0 Å². The van der Waals surface area contributed by atoms with Crippen molar-refractivity contribution in [2.24, 2.45) is 0 Å². The Kier molecular flexibility index (Phi) is 6.18. The van der Waals surface area contributed by atoms with Gasteiger partial charge in [0.25, 0.3) is 0 Å². The number of fused-ring (bicyclic) bond motifs is 16. The maximum absolute atomic E-state index is 2.58. The summed E-state index contributed by atoms with van der Waals surface area (Å²) in [6.07, 6.45) is 0. The molecule has 8 aromatic carbocycles. The molecule has 266 valence electrons. The first-order valence-electron chi connectivity index (χ1n) is 20.0. The molecule has 1 nitrogen and oxygen atoms in total. The standard InChI is InChI=1S/C55H41N/c1-53(2)44-22-10-5-16-36(44)41-30-28-34(32-49(41)53)56(51-27-15-21-43-40-20-6-11-23-45(40)54(3,4)52(43)51)35-29-31-42-39-19-9-14-26-48(39)55(50(42)33-35)46-24-12-7-17-37(46)38-18-8-13-25-47(38)55/h5-33H,1-4H3. The summed E-state index contributed by atoms with van der Waals surface area (Å²) in [4.78, 5) is 2.58. The summed E-state index contributed by atoms with van der Waals surface area (Å²) in [5.41, 5.74) is 24.5. The van der Waals surface area contributed by atoms with Crippen molar-refractivity contribution in [1.82, 2.24) is 0 Å². The van der Waals surface area contributed by atoms with E-state index in [0.717, 1.165) is 0 Å². The second kappa shape index (κ2) is 10.9. The van der Waals surface area contributed by atoms with Crippen LogP contribution in [0.15, 0.2) is 176 Å². The van der Waals surface area contributed by atoms with Crippen molar-refractivity contribution in [3.05, 3.63) is 220 Å². The molecule has 0 saturated carbocycles. The smallest absolute Gasteiger partial charge is 0.0726 e. The molecule has 4 aliphatic rings. The molecule has 0 N–H and O–H groups in total. The fraction of sp³-hybridized carbons (Fsp3) is 0.127. The average molecular weight is 716 g/mol. The largest absolute Gasteiger partial charge is 0.310 e. The van der Waals surface area contributed by atoms with Gasteiger partial charge < -0.3 is 4.90 Å². The quantitative estimate of drug-likeness (QED) is 0.176. The first-order chi connectivity index (χ1) is 27.3. The molecule has 56 heavy (non-hydrogen) atoms. The third kappa shape index (κ3) is 3.81. The Morgan fingerprint density at radius 3 is 1.21 bits per heavy atom. The van der Waals surface area contributed by atoms with Gasteiger partial charge in [-0.2, -0.15) is 0 Å². The zero-order chi connectivity index (χ0) is 37.6. The van der Waals surface area contributed by atoms with Crippen LogP contribution in [0, 0.1) is 0 Å². The molecule has 8 aromatic rings. The minimum atomic E-state index is -0.420. The lowest BCUT2D eigenvalue weighted by Gasteiger charge is -2.34. The Bertz CT molecular complexity index is 2930. The number of rotatable bonds is 3. The van der Waals surface area contributed by atoms with Crippen LogP contribution in [0.3, 0.4) is 0 Å². The number of nitrogens with zero attached hydrogens (tertiary/aromatic N) is 1. The maximum Gasteiger partial charge on any atom is 0.0726 e. The predicted octanol–water partition coefficient (Wildman–Crippen LogP) is 14.1. The van der Waals surface area contributed by atoms with Crippen LogP contribution in [-0.4, -0.2) is 0 Å². The highest BCUT2D eigenvalue weighted by molar-refractivity contribution is 5.98. The molecular weight excluding hydrogens is 675 g/mol. The average Bonchev–Trinajstić information content (AvgIpc) is 3.86. The van der Waals surface area contributed by atoms with E-state index in [0.29, 0.717) is 0 Å². The monoisotopic (exact) mass is 715 g/mol. The SMILES string of the molecule is CC1(C)c2ccccc2-c2ccc(N(c3ccc4c(c3)C3(c5ccccc5-c5ccccc53)c3ccccc3-4)c3cccc4c3C(C)(C)c3ccccc3-4)cc21. The van der Waals surface area contributed by atoms with Gasteiger partial charge in [-0.15, -0.1) is 0 Å². The van der Waals surface area contributed by atoms with Crippen molar-refractivity contribution in [3.8, 4) is 44.5 Å². The van der Waals surface area contributed by atoms with E-state index < -0.39 is 5.41 Å². The summed E-state index contributed by atoms with van der Waals surface area (Å²) in [7, 11) is 0. The summed E-state index contributed by atoms with van der Waals surface area (Å²) in [6, 6.07) is 66.8. The Hall–Kier alpha value is -6.44. The maximum atomic E-state index is 2.58. The van der Waals surface area contributed by atoms with Crippen LogP contribution in [-0.2, 0) is 16.2 Å². The van der Waals surface area contributed by atoms with Gasteiger partial charge in [0.2, 0.25) is 0 Å². The molecule has 0 amide bonds. The number of anilines is 3. The molecule has 0 atom stereocenters. The number of benzene rings is 8. The van der Waals surface area contributed by atoms with E-state index in [9.17, 15) is 0 Å². The van der Waals surface area contributed by atoms with Crippen LogP contribution >= 0.6 is 0 Å². The topological polar surface area (TPSA) is 3.24 Å². The first-order valence-corrected chi connectivity index (χ1v) is 20.0. The minimum absolute atomic E-state index is 0.122. The summed E-state index contributed by atoms with van der Waals surface area (Å²) in [5, 5.41) is 0. The molecule has 0 saturated heterocycles. The van der Waals surface area contributed by atoms with Crippen LogP contribution in [0.2, 0.25) is 0 Å². The first kappa shape index (κ1) is 31.9. The molecular formula is C55H41N. The molecule has 1 spiro atoms. The number of hydrogen-bond acceptors (Lipinski definition) is 1. The van der Waals surface area contributed by atoms with Crippen molar-refractivity contribution in [1.29, 1.82) is 0 Å². The normalized spacial score (nSPS) is 15.9. The molecule has 0 aromatic heterocycles. The van der Waals surface area contributed by atoms with Gasteiger partial charge in [0.15, 0.2) is 0 Å². The highest BCUT2D eigenvalue weighted by atomic mass is 15.1. The molecule has 0 aliphatic heterocycles. The van der Waals surface area contributed by atoms with Gasteiger partial charge in [-0.1, -0.05) is 173 Å². The van der Waals surface area contributed by atoms with E-state index in [2.05, 4.69) is 209 Å². The summed E-state index contributed by atoms with van der Waals surface area (Å²) >= 11 is 0. The highest BCUT2D eigenvalue weighted by Crippen LogP contribution is 2.64. The van der Waals surface area contributed by atoms with Crippen molar-refractivity contribution in [3.63, 3.8) is 0 Å². The second-order valence-corrected chi connectivity index (χ2v) is 17.2. The molecule has 1 heteroatoms. The van der Waals surface area contributed by atoms with E-state index in [1.54, 1.807) is 0 Å². The molecule has 12 rings (SSSR count). The van der Waals surface area contributed by atoms with E-state index in [1.807, 2.05) is 0 Å². The fourth-order valence-corrected chi connectivity index (χ4v) is 11.5. The van der Waals surface area contributed by atoms with Crippen LogP contribution in [0.5, 0.6) is 0 Å². The zero-order valence-electron chi connectivity index (χ0n) is 32.2. The predicted molar refractivity (Wildman–Crippen MR) is 233 cm³/mol. The minimum Gasteiger partial charge on any atom is -0.310 e. The van der Waals surface area contributed by atoms with E-state index in [-0.39, 0.29) is 10.8 Å². The van der Waals surface area contributed by atoms with Gasteiger partial charge in [0, 0.05) is 22.2 Å². The Morgan fingerprint density at radius 2 is 0.679 bits per heavy atom. The van der Waals surface area contributed by atoms with E-state index in [4.69, 9.17) is 0 Å². The van der Waals surface area contributed by atoms with Crippen LogP contribution in [0.1, 0.15) is 72.2 Å². The molecule has 4 aliphatic carbocycles. The number of hydrogen-bond donors (Lipinski definition) is 0. The molecule has 0 fully saturated rings. The van der Waals surface area contributed by atoms with E-state index in [1.165, 1.54) is 106 Å². The van der Waals surface area contributed by atoms with Crippen LogP contribution in [0.25, 0.3) is 44.5 Å². The fourth-order valence-electron chi connectivity index (χ4n) is 11.5. The zero-order valence-corrected chi connectivity index (χ0v) is 32.2. The van der Waals surface area contributed by atoms with Crippen molar-refractivity contribution in [2.75, 3.05) is 4.90 Å². The van der Waals surface area contributed by atoms with Gasteiger partial charge in [-0.25, -0.2) is 0 Å². The second-order valence-electron chi connectivity index (χ2n) is 17.2. The van der Waals surface area contributed by atoms with Gasteiger partial charge in [0.1, 0.15) is 0 Å².